The molecule has 1 saturated carbocycles. The van der Waals surface area contributed by atoms with E-state index in [9.17, 15) is 14.7 Å². The van der Waals surface area contributed by atoms with Crippen molar-refractivity contribution in [3.63, 3.8) is 0 Å². The van der Waals surface area contributed by atoms with Crippen LogP contribution in [0.1, 0.15) is 34.7 Å². The smallest absolute Gasteiger partial charge is 0.296 e. The molecule has 1 fully saturated rings. The van der Waals surface area contributed by atoms with E-state index in [0.717, 1.165) is 18.4 Å². The Bertz CT molecular complexity index is 1020. The second kappa shape index (κ2) is 5.83. The van der Waals surface area contributed by atoms with E-state index in [1.54, 1.807) is 7.05 Å². The van der Waals surface area contributed by atoms with Gasteiger partial charge in [-0.2, -0.15) is 0 Å². The average Bonchev–Trinajstić information content (AvgIpc) is 3.30. The fourth-order valence-corrected chi connectivity index (χ4v) is 3.16. The zero-order chi connectivity index (χ0) is 18.3. The fraction of sp³-hybridized carbons (Fsp3) is 0.222. The van der Waals surface area contributed by atoms with Crippen LogP contribution in [0.4, 0.5) is 5.69 Å². The van der Waals surface area contributed by atoms with Gasteiger partial charge in [0.2, 0.25) is 5.75 Å². The fourth-order valence-electron chi connectivity index (χ4n) is 3.16. The third-order valence-electron chi connectivity index (χ3n) is 4.68. The average molecular weight is 352 g/mol. The first kappa shape index (κ1) is 16.1. The van der Waals surface area contributed by atoms with E-state index >= 15 is 0 Å². The SMILES string of the molecule is Cn1c(C2(c3ccccc3)CC2)nc(C(=O)Nc2cnoc2)c(O)c1=O. The van der Waals surface area contributed by atoms with E-state index in [1.807, 2.05) is 30.3 Å². The Morgan fingerprint density at radius 1 is 1.31 bits per heavy atom. The summed E-state index contributed by atoms with van der Waals surface area (Å²) in [5.41, 5.74) is -0.0601. The first-order chi connectivity index (χ1) is 12.5. The third-order valence-corrected chi connectivity index (χ3v) is 4.68. The summed E-state index contributed by atoms with van der Waals surface area (Å²) >= 11 is 0. The van der Waals surface area contributed by atoms with Crippen LogP contribution in [-0.4, -0.2) is 25.7 Å². The van der Waals surface area contributed by atoms with Crippen molar-refractivity contribution in [2.24, 2.45) is 7.05 Å². The van der Waals surface area contributed by atoms with Gasteiger partial charge in [-0.1, -0.05) is 35.5 Å². The highest BCUT2D eigenvalue weighted by molar-refractivity contribution is 6.04. The molecule has 2 heterocycles. The largest absolute Gasteiger partial charge is 0.501 e. The number of hydrogen-bond donors (Lipinski definition) is 2. The molecule has 0 unspecified atom stereocenters. The van der Waals surface area contributed by atoms with Crippen molar-refractivity contribution < 1.29 is 14.4 Å². The van der Waals surface area contributed by atoms with Crippen molar-refractivity contribution in [3.05, 3.63) is 70.2 Å². The Kier molecular flexibility index (Phi) is 3.61. The number of nitrogens with one attached hydrogen (secondary N) is 1. The van der Waals surface area contributed by atoms with Crippen molar-refractivity contribution in [3.8, 4) is 5.75 Å². The number of benzene rings is 1. The van der Waals surface area contributed by atoms with Crippen LogP contribution in [-0.2, 0) is 12.5 Å². The lowest BCUT2D eigenvalue weighted by molar-refractivity contribution is 0.101. The monoisotopic (exact) mass is 352 g/mol. The van der Waals surface area contributed by atoms with Crippen LogP contribution in [0.25, 0.3) is 0 Å². The van der Waals surface area contributed by atoms with Crippen LogP contribution in [0.5, 0.6) is 5.75 Å². The van der Waals surface area contributed by atoms with E-state index in [4.69, 9.17) is 0 Å². The van der Waals surface area contributed by atoms with Crippen LogP contribution < -0.4 is 10.9 Å². The minimum atomic E-state index is -0.700. The lowest BCUT2D eigenvalue weighted by Crippen LogP contribution is -2.31. The van der Waals surface area contributed by atoms with Crippen molar-refractivity contribution in [1.82, 2.24) is 14.7 Å². The predicted molar refractivity (Wildman–Crippen MR) is 92.1 cm³/mol. The molecule has 2 N–H and O–H groups in total. The zero-order valence-corrected chi connectivity index (χ0v) is 14.0. The van der Waals surface area contributed by atoms with Gasteiger partial charge < -0.3 is 14.9 Å². The van der Waals surface area contributed by atoms with Crippen molar-refractivity contribution in [2.75, 3.05) is 5.32 Å². The number of hydrogen-bond acceptors (Lipinski definition) is 6. The lowest BCUT2D eigenvalue weighted by Gasteiger charge is -2.19. The summed E-state index contributed by atoms with van der Waals surface area (Å²) in [4.78, 5) is 29.3. The first-order valence-corrected chi connectivity index (χ1v) is 8.10. The van der Waals surface area contributed by atoms with Gasteiger partial charge in [-0.05, 0) is 18.4 Å². The Balaban J connectivity index is 1.81. The summed E-state index contributed by atoms with van der Waals surface area (Å²) in [6.45, 7) is 0. The second-order valence-corrected chi connectivity index (χ2v) is 6.31. The number of nitrogens with zero attached hydrogens (tertiary/aromatic N) is 3. The Labute approximate surface area is 148 Å². The highest BCUT2D eigenvalue weighted by Gasteiger charge is 2.49. The van der Waals surface area contributed by atoms with Crippen LogP contribution in [0.3, 0.4) is 0 Å². The van der Waals surface area contributed by atoms with Crippen LogP contribution in [0.15, 0.2) is 52.1 Å². The number of aromatic hydroxyl groups is 1. The van der Waals surface area contributed by atoms with Crippen molar-refractivity contribution in [1.29, 1.82) is 0 Å². The molecule has 0 bridgehead atoms. The quantitative estimate of drug-likeness (QED) is 0.741. The normalized spacial score (nSPS) is 14.8. The molecule has 8 nitrogen and oxygen atoms in total. The number of aromatic nitrogens is 3. The Morgan fingerprint density at radius 3 is 2.65 bits per heavy atom. The highest BCUT2D eigenvalue weighted by Crippen LogP contribution is 2.52. The van der Waals surface area contributed by atoms with Gasteiger partial charge >= 0.3 is 0 Å². The first-order valence-electron chi connectivity index (χ1n) is 8.10. The molecule has 3 aromatic rings. The van der Waals surface area contributed by atoms with E-state index in [1.165, 1.54) is 17.0 Å². The van der Waals surface area contributed by atoms with Gasteiger partial charge in [-0.25, -0.2) is 4.98 Å². The van der Waals surface area contributed by atoms with Gasteiger partial charge in [0, 0.05) is 7.05 Å². The zero-order valence-electron chi connectivity index (χ0n) is 14.0. The summed E-state index contributed by atoms with van der Waals surface area (Å²) in [6.07, 6.45) is 4.18. The summed E-state index contributed by atoms with van der Waals surface area (Å²) in [5.74, 6) is -0.926. The molecule has 0 saturated heterocycles. The number of anilines is 1. The molecule has 1 aliphatic carbocycles. The molecule has 132 valence electrons. The molecule has 2 aromatic heterocycles. The van der Waals surface area contributed by atoms with Gasteiger partial charge in [0.15, 0.2) is 5.69 Å². The van der Waals surface area contributed by atoms with E-state index < -0.39 is 22.6 Å². The number of carbonyl (C=O) groups is 1. The summed E-state index contributed by atoms with van der Waals surface area (Å²) in [7, 11) is 1.55. The van der Waals surface area contributed by atoms with Crippen LogP contribution >= 0.6 is 0 Å². The van der Waals surface area contributed by atoms with Gasteiger partial charge in [0.25, 0.3) is 11.5 Å². The number of rotatable bonds is 4. The molecule has 0 spiro atoms. The minimum Gasteiger partial charge on any atom is -0.501 e. The van der Waals surface area contributed by atoms with Gasteiger partial charge in [-0.15, -0.1) is 0 Å². The maximum Gasteiger partial charge on any atom is 0.296 e. The van der Waals surface area contributed by atoms with Gasteiger partial charge in [-0.3, -0.25) is 14.2 Å². The molecule has 0 atom stereocenters. The standard InChI is InChI=1S/C18H16N4O4/c1-22-16(25)14(23)13(15(24)20-12-9-19-26-10-12)21-17(22)18(7-8-18)11-5-3-2-4-6-11/h2-6,9-10,23H,7-8H2,1H3,(H,20,24). The van der Waals surface area contributed by atoms with E-state index in [0.29, 0.717) is 11.5 Å². The van der Waals surface area contributed by atoms with Crippen LogP contribution in [0, 0.1) is 0 Å². The molecule has 4 rings (SSSR count). The van der Waals surface area contributed by atoms with Crippen molar-refractivity contribution in [2.45, 2.75) is 18.3 Å². The molecule has 1 aromatic carbocycles. The Morgan fingerprint density at radius 2 is 2.04 bits per heavy atom. The van der Waals surface area contributed by atoms with Gasteiger partial charge in [0.05, 0.1) is 11.6 Å². The third kappa shape index (κ3) is 2.46. The summed E-state index contributed by atoms with van der Waals surface area (Å²) < 4.78 is 5.97. The summed E-state index contributed by atoms with van der Waals surface area (Å²) in [5, 5.41) is 16.2. The topological polar surface area (TPSA) is 110 Å². The number of carbonyl (C=O) groups excluding carboxylic acids is 1. The summed E-state index contributed by atoms with van der Waals surface area (Å²) in [6, 6.07) is 9.72. The molecular weight excluding hydrogens is 336 g/mol. The second-order valence-electron chi connectivity index (χ2n) is 6.31. The van der Waals surface area contributed by atoms with Crippen LogP contribution in [0.2, 0.25) is 0 Å². The van der Waals surface area contributed by atoms with Gasteiger partial charge in [0.1, 0.15) is 17.8 Å². The lowest BCUT2D eigenvalue weighted by atomic mass is 9.94. The molecule has 1 amide bonds. The highest BCUT2D eigenvalue weighted by atomic mass is 16.5. The Hall–Kier alpha value is -3.42. The predicted octanol–water partition coefficient (Wildman–Crippen LogP) is 1.81. The maximum absolute atomic E-state index is 12.5. The molecule has 0 aliphatic heterocycles. The number of amides is 1. The molecule has 8 heteroatoms. The maximum atomic E-state index is 12.5. The molecule has 0 radical (unpaired) electrons. The van der Waals surface area contributed by atoms with E-state index in [-0.39, 0.29) is 5.69 Å². The minimum absolute atomic E-state index is 0.308. The molecule has 1 aliphatic rings. The molecular formula is C18H16N4O4. The van der Waals surface area contributed by atoms with E-state index in [2.05, 4.69) is 20.0 Å². The van der Waals surface area contributed by atoms with Crippen molar-refractivity contribution >= 4 is 11.6 Å². The molecule has 26 heavy (non-hydrogen) atoms.